The van der Waals surface area contributed by atoms with Gasteiger partial charge in [-0.15, -0.1) is 0 Å². The van der Waals surface area contributed by atoms with Crippen LogP contribution in [0.5, 0.6) is 0 Å². The summed E-state index contributed by atoms with van der Waals surface area (Å²) in [6.07, 6.45) is 3.27. The molecule has 0 spiro atoms. The molecule has 2 aromatic heterocycles. The first-order valence-electron chi connectivity index (χ1n) is 7.37. The molecule has 0 bridgehead atoms. The van der Waals surface area contributed by atoms with Crippen molar-refractivity contribution in [1.29, 1.82) is 0 Å². The number of nitrogens with one attached hydrogen (secondary N) is 2. The zero-order chi connectivity index (χ0) is 18.0. The van der Waals surface area contributed by atoms with E-state index in [-0.39, 0.29) is 0 Å². The zero-order valence-corrected chi connectivity index (χ0v) is 14.4. The Morgan fingerprint density at radius 2 is 1.96 bits per heavy atom. The van der Waals surface area contributed by atoms with Gasteiger partial charge in [-0.05, 0) is 37.5 Å². The lowest BCUT2D eigenvalue weighted by Gasteiger charge is -2.12. The Hall–Kier alpha value is -2.87. The lowest BCUT2D eigenvalue weighted by Crippen LogP contribution is -2.02. The summed E-state index contributed by atoms with van der Waals surface area (Å²) in [5.74, 6) is -1.23. The molecule has 0 unspecified atom stereocenters. The maximum atomic E-state index is 13.4. The van der Waals surface area contributed by atoms with E-state index in [4.69, 9.17) is 0 Å². The maximum Gasteiger partial charge on any atom is 0.160 e. The lowest BCUT2D eigenvalue weighted by molar-refractivity contribution is 0.509. The largest absolute Gasteiger partial charge is 0.355 e. The van der Waals surface area contributed by atoms with E-state index < -0.39 is 11.6 Å². The molecule has 25 heavy (non-hydrogen) atoms. The Bertz CT molecular complexity index is 939. The number of rotatable bonds is 5. The van der Waals surface area contributed by atoms with Gasteiger partial charge in [0.05, 0.1) is 23.1 Å². The van der Waals surface area contributed by atoms with Crippen LogP contribution in [-0.2, 0) is 0 Å². The fourth-order valence-corrected chi connectivity index (χ4v) is 3.09. The molecule has 0 fully saturated rings. The Morgan fingerprint density at radius 1 is 1.16 bits per heavy atom. The number of anilines is 3. The van der Waals surface area contributed by atoms with Gasteiger partial charge in [0, 0.05) is 23.6 Å². The summed E-state index contributed by atoms with van der Waals surface area (Å²) in [6, 6.07) is 3.58. The highest BCUT2D eigenvalue weighted by molar-refractivity contribution is 7.10. The SMILES string of the molecule is C=C(Nc1ccc(F)c(F)c1)c1c(C)nsc1Nc1cncc(C)n1. The molecule has 0 saturated heterocycles. The van der Waals surface area contributed by atoms with E-state index in [1.807, 2.05) is 13.8 Å². The van der Waals surface area contributed by atoms with E-state index in [0.717, 1.165) is 34.1 Å². The zero-order valence-electron chi connectivity index (χ0n) is 13.6. The van der Waals surface area contributed by atoms with Crippen LogP contribution in [0.4, 0.5) is 25.3 Å². The molecule has 1 aromatic carbocycles. The highest BCUT2D eigenvalue weighted by atomic mass is 32.1. The van der Waals surface area contributed by atoms with Crippen LogP contribution in [0, 0.1) is 25.5 Å². The summed E-state index contributed by atoms with van der Waals surface area (Å²) in [6.45, 7) is 7.68. The normalized spacial score (nSPS) is 10.6. The molecule has 0 aliphatic heterocycles. The molecule has 8 heteroatoms. The van der Waals surface area contributed by atoms with Crippen LogP contribution in [0.3, 0.4) is 0 Å². The Kier molecular flexibility index (Phi) is 4.71. The molecule has 0 atom stereocenters. The average molecular weight is 359 g/mol. The van der Waals surface area contributed by atoms with Gasteiger partial charge in [-0.2, -0.15) is 4.37 Å². The monoisotopic (exact) mass is 359 g/mol. The summed E-state index contributed by atoms with van der Waals surface area (Å²) in [4.78, 5) is 8.44. The van der Waals surface area contributed by atoms with Gasteiger partial charge in [-0.3, -0.25) is 4.98 Å². The molecule has 0 radical (unpaired) electrons. The summed E-state index contributed by atoms with van der Waals surface area (Å²) in [5.41, 5.74) is 3.20. The van der Waals surface area contributed by atoms with Crippen molar-refractivity contribution in [2.75, 3.05) is 10.6 Å². The first-order valence-corrected chi connectivity index (χ1v) is 8.14. The molecule has 0 amide bonds. The minimum atomic E-state index is -0.925. The van der Waals surface area contributed by atoms with Crippen LogP contribution in [0.2, 0.25) is 0 Å². The number of halogens is 2. The van der Waals surface area contributed by atoms with Crippen molar-refractivity contribution in [2.45, 2.75) is 13.8 Å². The third-order valence-corrected chi connectivity index (χ3v) is 4.23. The minimum absolute atomic E-state index is 0.399. The molecular formula is C17H15F2N5S. The highest BCUT2D eigenvalue weighted by Crippen LogP contribution is 2.33. The molecular weight excluding hydrogens is 344 g/mol. The maximum absolute atomic E-state index is 13.4. The highest BCUT2D eigenvalue weighted by Gasteiger charge is 2.15. The number of aromatic nitrogens is 3. The van der Waals surface area contributed by atoms with Crippen LogP contribution in [0.25, 0.3) is 5.70 Å². The van der Waals surface area contributed by atoms with Crippen molar-refractivity contribution in [3.8, 4) is 0 Å². The fraction of sp³-hybridized carbons (Fsp3) is 0.118. The molecule has 0 saturated carbocycles. The average Bonchev–Trinajstić information content (AvgIpc) is 2.91. The van der Waals surface area contributed by atoms with Gasteiger partial charge in [0.15, 0.2) is 11.6 Å². The van der Waals surface area contributed by atoms with Crippen molar-refractivity contribution in [3.63, 3.8) is 0 Å². The van der Waals surface area contributed by atoms with E-state index in [2.05, 4.69) is 31.6 Å². The van der Waals surface area contributed by atoms with Gasteiger partial charge in [-0.1, -0.05) is 6.58 Å². The standard InChI is InChI=1S/C17H15F2N5S/c1-9-7-20-8-15(21-9)23-17-16(11(3)24-25-17)10(2)22-12-4-5-13(18)14(19)6-12/h4-8,22H,2H2,1,3H3,(H,21,23). The summed E-state index contributed by atoms with van der Waals surface area (Å²) in [5, 5.41) is 6.88. The summed E-state index contributed by atoms with van der Waals surface area (Å²) >= 11 is 1.26. The number of nitrogens with zero attached hydrogens (tertiary/aromatic N) is 3. The lowest BCUT2D eigenvalue weighted by atomic mass is 10.2. The molecule has 0 aliphatic carbocycles. The molecule has 2 heterocycles. The second kappa shape index (κ2) is 6.94. The van der Waals surface area contributed by atoms with Gasteiger partial charge in [0.2, 0.25) is 0 Å². The van der Waals surface area contributed by atoms with E-state index in [0.29, 0.717) is 17.2 Å². The van der Waals surface area contributed by atoms with Crippen LogP contribution in [0.1, 0.15) is 17.0 Å². The van der Waals surface area contributed by atoms with Crippen LogP contribution >= 0.6 is 11.5 Å². The van der Waals surface area contributed by atoms with Crippen molar-refractivity contribution in [1.82, 2.24) is 14.3 Å². The molecule has 0 aliphatic rings. The first-order chi connectivity index (χ1) is 11.9. The Labute approximate surface area is 147 Å². The Balaban J connectivity index is 1.85. The van der Waals surface area contributed by atoms with Crippen molar-refractivity contribution in [3.05, 3.63) is 65.8 Å². The third kappa shape index (κ3) is 3.80. The summed E-state index contributed by atoms with van der Waals surface area (Å²) < 4.78 is 30.8. The van der Waals surface area contributed by atoms with E-state index >= 15 is 0 Å². The van der Waals surface area contributed by atoms with Crippen LogP contribution < -0.4 is 10.6 Å². The number of aryl methyl sites for hydroxylation is 2. The molecule has 2 N–H and O–H groups in total. The molecule has 3 rings (SSSR count). The van der Waals surface area contributed by atoms with Crippen LogP contribution in [0.15, 0.2) is 37.2 Å². The predicted octanol–water partition coefficient (Wildman–Crippen LogP) is 4.65. The van der Waals surface area contributed by atoms with Crippen LogP contribution in [-0.4, -0.2) is 14.3 Å². The van der Waals surface area contributed by atoms with Gasteiger partial charge >= 0.3 is 0 Å². The first kappa shape index (κ1) is 17.0. The van der Waals surface area contributed by atoms with Crippen molar-refractivity contribution >= 4 is 33.7 Å². The van der Waals surface area contributed by atoms with Crippen molar-refractivity contribution < 1.29 is 8.78 Å². The quantitative estimate of drug-likeness (QED) is 0.694. The molecule has 3 aromatic rings. The smallest absolute Gasteiger partial charge is 0.160 e. The summed E-state index contributed by atoms with van der Waals surface area (Å²) in [7, 11) is 0. The van der Waals surface area contributed by atoms with Gasteiger partial charge < -0.3 is 10.6 Å². The second-order valence-corrected chi connectivity index (χ2v) is 6.15. The number of hydrogen-bond donors (Lipinski definition) is 2. The number of hydrogen-bond acceptors (Lipinski definition) is 6. The molecule has 5 nitrogen and oxygen atoms in total. The molecule has 128 valence electrons. The van der Waals surface area contributed by atoms with Gasteiger partial charge in [0.1, 0.15) is 10.8 Å². The van der Waals surface area contributed by atoms with E-state index in [1.54, 1.807) is 12.4 Å². The van der Waals surface area contributed by atoms with Crippen molar-refractivity contribution in [2.24, 2.45) is 0 Å². The fourth-order valence-electron chi connectivity index (χ4n) is 2.26. The van der Waals surface area contributed by atoms with E-state index in [9.17, 15) is 8.78 Å². The third-order valence-electron chi connectivity index (χ3n) is 3.38. The number of benzene rings is 1. The van der Waals surface area contributed by atoms with Gasteiger partial charge in [-0.25, -0.2) is 13.8 Å². The topological polar surface area (TPSA) is 62.7 Å². The Morgan fingerprint density at radius 3 is 2.68 bits per heavy atom. The van der Waals surface area contributed by atoms with Gasteiger partial charge in [0.25, 0.3) is 0 Å². The predicted molar refractivity (Wildman–Crippen MR) is 95.9 cm³/mol. The second-order valence-electron chi connectivity index (χ2n) is 5.38. The minimum Gasteiger partial charge on any atom is -0.355 e. The van der Waals surface area contributed by atoms with E-state index in [1.165, 1.54) is 17.6 Å².